The number of carbonyl (C=O) groups is 4. The molecule has 5 aliphatic rings. The van der Waals surface area contributed by atoms with Gasteiger partial charge >= 0.3 is 11.9 Å². The van der Waals surface area contributed by atoms with Crippen molar-refractivity contribution in [1.29, 1.82) is 0 Å². The van der Waals surface area contributed by atoms with Gasteiger partial charge in [-0.15, -0.1) is 0 Å². The molecule has 6 N–H and O–H groups in total. The second kappa shape index (κ2) is 14.1. The van der Waals surface area contributed by atoms with E-state index >= 15 is 4.79 Å². The van der Waals surface area contributed by atoms with E-state index in [1.54, 1.807) is 13.8 Å². The van der Waals surface area contributed by atoms with E-state index in [0.717, 1.165) is 5.57 Å². The van der Waals surface area contributed by atoms with E-state index in [1.807, 2.05) is 34.6 Å². The predicted octanol–water partition coefficient (Wildman–Crippen LogP) is 1.69. The average molecular weight is 765 g/mol. The van der Waals surface area contributed by atoms with Gasteiger partial charge in [-0.2, -0.15) is 0 Å². The molecule has 1 heterocycles. The maximum absolute atomic E-state index is 15.0. The molecule has 0 bridgehead atoms. The number of carbonyl (C=O) groups excluding carboxylic acids is 4. The molecular formula is C40H60O14. The lowest BCUT2D eigenvalue weighted by Crippen LogP contribution is -2.66. The molecule has 4 fully saturated rings. The molecule has 1 saturated heterocycles. The van der Waals surface area contributed by atoms with Gasteiger partial charge in [-0.1, -0.05) is 46.3 Å². The van der Waals surface area contributed by atoms with E-state index in [0.29, 0.717) is 6.42 Å². The van der Waals surface area contributed by atoms with Crippen LogP contribution in [0.4, 0.5) is 0 Å². The Hall–Kier alpha value is -2.56. The van der Waals surface area contributed by atoms with Crippen LogP contribution in [0.5, 0.6) is 0 Å². The lowest BCUT2D eigenvalue weighted by molar-refractivity contribution is -0.323. The van der Waals surface area contributed by atoms with Crippen molar-refractivity contribution in [2.45, 2.75) is 155 Å². The molecule has 0 spiro atoms. The van der Waals surface area contributed by atoms with E-state index in [-0.39, 0.29) is 31.0 Å². The van der Waals surface area contributed by atoms with E-state index in [9.17, 15) is 45.0 Å². The van der Waals surface area contributed by atoms with Crippen molar-refractivity contribution in [3.63, 3.8) is 0 Å². The highest BCUT2D eigenvalue weighted by molar-refractivity contribution is 5.97. The highest BCUT2D eigenvalue weighted by Gasteiger charge is 2.75. The van der Waals surface area contributed by atoms with Crippen molar-refractivity contribution in [1.82, 2.24) is 0 Å². The van der Waals surface area contributed by atoms with Gasteiger partial charge in [0.05, 0.1) is 18.8 Å². The molecule has 15 atom stereocenters. The van der Waals surface area contributed by atoms with Crippen LogP contribution in [0, 0.1) is 39.4 Å². The molecule has 5 rings (SSSR count). The molecule has 0 aromatic rings. The standard InChI is InChI=1S/C40H60O14/c1-19(42)51-24-16-37(7)26-12-11-21-22(15-23(33(49)36(21,5)6)52-34-31(48)30(47)29(46)25(18-41)53-34)39(26,9)28(45)17-38(37,8)32(24)40(10,50)27(44)13-14-35(3,4)54-20(2)43/h11,13-14,22-26,29-34,41,46-50H,12,15-18H2,1-10H3/b14-13+/t22-,23+,24-,25-,26?,29-,30+,31-,32?,33-,34-,37+,38-,39+,40?/m1/s1. The molecule has 54 heavy (non-hydrogen) atoms. The lowest BCUT2D eigenvalue weighted by atomic mass is 9.38. The van der Waals surface area contributed by atoms with Gasteiger partial charge in [-0.25, -0.2) is 0 Å². The van der Waals surface area contributed by atoms with Crippen molar-refractivity contribution in [3.05, 3.63) is 23.8 Å². The van der Waals surface area contributed by atoms with Crippen LogP contribution in [0.3, 0.4) is 0 Å². The molecule has 14 heteroatoms. The minimum absolute atomic E-state index is 0.0595. The van der Waals surface area contributed by atoms with Crippen LogP contribution in [-0.4, -0.2) is 121 Å². The zero-order chi connectivity index (χ0) is 40.7. The van der Waals surface area contributed by atoms with E-state index in [2.05, 4.69) is 6.08 Å². The van der Waals surface area contributed by atoms with E-state index in [1.165, 1.54) is 32.9 Å². The first kappa shape index (κ1) is 42.6. The average Bonchev–Trinajstić information content (AvgIpc) is 3.27. The molecule has 4 aliphatic carbocycles. The quantitative estimate of drug-likeness (QED) is 0.112. The maximum atomic E-state index is 15.0. The smallest absolute Gasteiger partial charge is 0.303 e. The van der Waals surface area contributed by atoms with Crippen LogP contribution in [-0.2, 0) is 38.1 Å². The third-order valence-electron chi connectivity index (χ3n) is 14.2. The minimum Gasteiger partial charge on any atom is -0.462 e. The number of fused-ring (bicyclic) bond motifs is 5. The highest BCUT2D eigenvalue weighted by atomic mass is 16.7. The van der Waals surface area contributed by atoms with Crippen molar-refractivity contribution >= 4 is 23.5 Å². The summed E-state index contributed by atoms with van der Waals surface area (Å²) in [5.74, 6) is -3.81. The molecule has 1 aliphatic heterocycles. The fraction of sp³-hybridized carbons (Fsp3) is 0.800. The second-order valence-electron chi connectivity index (χ2n) is 18.4. The Morgan fingerprint density at radius 1 is 0.944 bits per heavy atom. The Kier molecular flexibility index (Phi) is 11.1. The number of rotatable bonds is 9. The van der Waals surface area contributed by atoms with Crippen molar-refractivity contribution in [2.75, 3.05) is 6.61 Å². The second-order valence-corrected chi connectivity index (χ2v) is 18.4. The summed E-state index contributed by atoms with van der Waals surface area (Å²) in [5.41, 5.74) is -6.18. The third-order valence-corrected chi connectivity index (χ3v) is 14.2. The largest absolute Gasteiger partial charge is 0.462 e. The number of hydrogen-bond acceptors (Lipinski definition) is 14. The molecule has 3 unspecified atom stereocenters. The van der Waals surface area contributed by atoms with Gasteiger partial charge in [0.2, 0.25) is 0 Å². The summed E-state index contributed by atoms with van der Waals surface area (Å²) >= 11 is 0. The van der Waals surface area contributed by atoms with Gasteiger partial charge in [-0.3, -0.25) is 19.2 Å². The summed E-state index contributed by atoms with van der Waals surface area (Å²) in [7, 11) is 0. The normalized spacial score (nSPS) is 44.3. The third kappa shape index (κ3) is 6.61. The fourth-order valence-electron chi connectivity index (χ4n) is 11.3. The number of ketones is 2. The number of ether oxygens (including phenoxy) is 4. The number of hydrogen-bond donors (Lipinski definition) is 6. The van der Waals surface area contributed by atoms with Crippen molar-refractivity contribution < 1.29 is 68.8 Å². The zero-order valence-corrected chi connectivity index (χ0v) is 33.1. The first-order chi connectivity index (χ1) is 24.7. The molecule has 0 aromatic heterocycles. The van der Waals surface area contributed by atoms with Crippen molar-refractivity contribution in [2.24, 2.45) is 39.4 Å². The monoisotopic (exact) mass is 764 g/mol. The fourth-order valence-corrected chi connectivity index (χ4v) is 11.3. The first-order valence-electron chi connectivity index (χ1n) is 18.9. The summed E-state index contributed by atoms with van der Waals surface area (Å²) in [6.07, 6.45) is -5.36. The summed E-state index contributed by atoms with van der Waals surface area (Å²) in [6, 6.07) is 0. The van der Waals surface area contributed by atoms with Crippen LogP contribution in [0.25, 0.3) is 0 Å². The number of aliphatic hydroxyl groups excluding tert-OH is 5. The summed E-state index contributed by atoms with van der Waals surface area (Å²) < 4.78 is 23.0. The Morgan fingerprint density at radius 3 is 2.15 bits per heavy atom. The zero-order valence-electron chi connectivity index (χ0n) is 33.1. The Morgan fingerprint density at radius 2 is 1.57 bits per heavy atom. The first-order valence-corrected chi connectivity index (χ1v) is 18.9. The molecular weight excluding hydrogens is 704 g/mol. The summed E-state index contributed by atoms with van der Waals surface area (Å²) in [6.45, 7) is 16.0. The molecule has 0 aromatic carbocycles. The number of aliphatic hydroxyl groups is 6. The minimum atomic E-state index is -2.11. The van der Waals surface area contributed by atoms with Crippen LogP contribution in [0.2, 0.25) is 0 Å². The van der Waals surface area contributed by atoms with E-state index in [4.69, 9.17) is 18.9 Å². The van der Waals surface area contributed by atoms with Gasteiger partial charge in [-0.05, 0) is 74.9 Å². The molecule has 14 nitrogen and oxygen atoms in total. The van der Waals surface area contributed by atoms with Gasteiger partial charge in [0.15, 0.2) is 12.1 Å². The molecule has 0 amide bonds. The summed E-state index contributed by atoms with van der Waals surface area (Å²) in [4.78, 5) is 53.2. The molecule has 304 valence electrons. The summed E-state index contributed by atoms with van der Waals surface area (Å²) in [5, 5.41) is 65.2. The van der Waals surface area contributed by atoms with Gasteiger partial charge in [0.25, 0.3) is 0 Å². The van der Waals surface area contributed by atoms with E-state index < -0.39 is 118 Å². The maximum Gasteiger partial charge on any atom is 0.303 e. The molecule has 3 saturated carbocycles. The molecule has 0 radical (unpaired) electrons. The SMILES string of the molecule is CC(=O)O[C@@H]1C[C@@]2(C)C3CC=C4[C@@H](C[C@H](O[C@@H]5O[C@H](CO)[C@@H](O)[C@H](O)[C@H]5O)[C@@H](O)C4(C)C)[C@]3(C)C(=O)C[C@]2(C)C1C(C)(O)C(=O)/C=C/C(C)(C)OC(C)=O. The number of Topliss-reactive ketones (excluding diaryl/α,β-unsaturated/α-hetero) is 1. The van der Waals surface area contributed by atoms with Gasteiger partial charge in [0.1, 0.15) is 47.5 Å². The Bertz CT molecular complexity index is 1580. The van der Waals surface area contributed by atoms with Gasteiger partial charge < -0.3 is 49.6 Å². The number of allylic oxidation sites excluding steroid dienone is 1. The van der Waals surface area contributed by atoms with Crippen LogP contribution in [0.15, 0.2) is 23.8 Å². The Balaban J connectivity index is 1.53. The van der Waals surface area contributed by atoms with Gasteiger partial charge in [0, 0.05) is 37.0 Å². The number of esters is 2. The Labute approximate surface area is 316 Å². The highest BCUT2D eigenvalue weighted by Crippen LogP contribution is 2.74. The van der Waals surface area contributed by atoms with Crippen LogP contribution >= 0.6 is 0 Å². The predicted molar refractivity (Wildman–Crippen MR) is 191 cm³/mol. The van der Waals surface area contributed by atoms with Crippen LogP contribution in [0.1, 0.15) is 94.9 Å². The van der Waals surface area contributed by atoms with Crippen LogP contribution < -0.4 is 0 Å². The topological polar surface area (TPSA) is 227 Å². The van der Waals surface area contributed by atoms with Crippen molar-refractivity contribution in [3.8, 4) is 0 Å². The lowest BCUT2D eigenvalue weighted by Gasteiger charge is -2.65.